The third-order valence-electron chi connectivity index (χ3n) is 6.39. The van der Waals surface area contributed by atoms with Gasteiger partial charge in [-0.25, -0.2) is 0 Å². The Balaban J connectivity index is 1.66. The second-order valence-corrected chi connectivity index (χ2v) is 10.3. The van der Waals surface area contributed by atoms with E-state index in [4.69, 9.17) is 0 Å². The van der Waals surface area contributed by atoms with Crippen molar-refractivity contribution >= 4 is 29.4 Å². The van der Waals surface area contributed by atoms with Crippen LogP contribution in [-0.4, -0.2) is 44.8 Å². The number of amides is 1. The summed E-state index contributed by atoms with van der Waals surface area (Å²) in [7, 11) is 0. The Morgan fingerprint density at radius 1 is 0.969 bits per heavy atom. The van der Waals surface area contributed by atoms with Crippen LogP contribution >= 0.6 is 23.5 Å². The van der Waals surface area contributed by atoms with Crippen molar-refractivity contribution in [1.29, 1.82) is 0 Å². The molecule has 0 unspecified atom stereocenters. The smallest absolute Gasteiger partial charge is 0.278 e. The molecule has 1 amide bonds. The molecule has 0 bridgehead atoms. The highest BCUT2D eigenvalue weighted by Gasteiger charge is 2.45. The van der Waals surface area contributed by atoms with Crippen molar-refractivity contribution in [2.45, 2.75) is 22.9 Å². The summed E-state index contributed by atoms with van der Waals surface area (Å²) in [6, 6.07) is 18.0. The average molecular weight is 464 g/mol. The molecule has 1 saturated heterocycles. The maximum atomic E-state index is 13.4. The van der Waals surface area contributed by atoms with E-state index in [-0.39, 0.29) is 23.8 Å². The van der Waals surface area contributed by atoms with Crippen LogP contribution < -0.4 is 10.4 Å². The topological polar surface area (TPSA) is 65.8 Å². The maximum absolute atomic E-state index is 13.4. The van der Waals surface area contributed by atoms with Crippen molar-refractivity contribution in [2.75, 3.05) is 23.1 Å². The van der Waals surface area contributed by atoms with Gasteiger partial charge in [0, 0.05) is 41.0 Å². The minimum Gasteiger partial charge on any atom is -0.502 e. The zero-order valence-corrected chi connectivity index (χ0v) is 18.8. The van der Waals surface area contributed by atoms with Gasteiger partial charge in [-0.1, -0.05) is 42.5 Å². The minimum absolute atomic E-state index is 0.0486. The van der Waals surface area contributed by atoms with E-state index in [1.165, 1.54) is 22.1 Å². The van der Waals surface area contributed by atoms with Crippen molar-refractivity contribution in [3.63, 3.8) is 0 Å². The molecule has 3 aliphatic rings. The molecule has 0 aliphatic carbocycles. The van der Waals surface area contributed by atoms with E-state index in [9.17, 15) is 14.7 Å². The van der Waals surface area contributed by atoms with E-state index in [0.29, 0.717) is 6.54 Å². The van der Waals surface area contributed by atoms with Crippen LogP contribution in [0.5, 0.6) is 5.75 Å². The molecule has 6 rings (SSSR count). The lowest BCUT2D eigenvalue weighted by atomic mass is 9.93. The fraction of sp³-hybridized carbons (Fsp3) is 0.250. The Hall–Kier alpha value is -2.84. The summed E-state index contributed by atoms with van der Waals surface area (Å²) < 4.78 is 1.72. The van der Waals surface area contributed by atoms with Gasteiger partial charge in [-0.05, 0) is 22.8 Å². The summed E-state index contributed by atoms with van der Waals surface area (Å²) in [5, 5.41) is 12.8. The lowest BCUT2D eigenvalue weighted by Gasteiger charge is -2.51. The third kappa shape index (κ3) is 2.89. The molecule has 6 nitrogen and oxygen atoms in total. The van der Waals surface area contributed by atoms with Gasteiger partial charge >= 0.3 is 0 Å². The van der Waals surface area contributed by atoms with Gasteiger partial charge in [-0.3, -0.25) is 19.3 Å². The molecule has 1 aromatic heterocycles. The highest BCUT2D eigenvalue weighted by atomic mass is 32.2. The Labute approximate surface area is 193 Å². The van der Waals surface area contributed by atoms with Gasteiger partial charge in [0.25, 0.3) is 5.91 Å². The number of nitrogens with zero attached hydrogens (tertiary/aromatic N) is 3. The third-order valence-corrected chi connectivity index (χ3v) is 8.53. The quantitative estimate of drug-likeness (QED) is 0.597. The van der Waals surface area contributed by atoms with Crippen molar-refractivity contribution in [3.05, 3.63) is 93.4 Å². The fourth-order valence-corrected chi connectivity index (χ4v) is 7.04. The van der Waals surface area contributed by atoms with Gasteiger partial charge in [-0.15, -0.1) is 11.8 Å². The number of aromatic hydroxyl groups is 1. The number of thioether (sulfide) groups is 2. The Bertz CT molecular complexity index is 1240. The number of pyridine rings is 1. The molecule has 162 valence electrons. The number of carbonyl (C=O) groups excluding carboxylic acids is 1. The fourth-order valence-electron chi connectivity index (χ4n) is 4.91. The first kappa shape index (κ1) is 19.8. The highest BCUT2D eigenvalue weighted by Crippen LogP contribution is 2.44. The first-order valence-corrected chi connectivity index (χ1v) is 12.7. The van der Waals surface area contributed by atoms with Gasteiger partial charge in [-0.2, -0.15) is 11.8 Å². The number of carbonyl (C=O) groups is 1. The molecule has 0 saturated carbocycles. The minimum atomic E-state index is -0.536. The molecule has 1 N–H and O–H groups in total. The number of hydrogen-bond acceptors (Lipinski definition) is 6. The van der Waals surface area contributed by atoms with Crippen LogP contribution in [0.25, 0.3) is 0 Å². The summed E-state index contributed by atoms with van der Waals surface area (Å²) >= 11 is 3.64. The van der Waals surface area contributed by atoms with E-state index in [1.807, 2.05) is 34.5 Å². The van der Waals surface area contributed by atoms with Crippen molar-refractivity contribution in [3.8, 4) is 5.75 Å². The van der Waals surface area contributed by atoms with Gasteiger partial charge < -0.3 is 10.0 Å². The maximum Gasteiger partial charge on any atom is 0.278 e. The van der Waals surface area contributed by atoms with E-state index >= 15 is 0 Å². The van der Waals surface area contributed by atoms with Gasteiger partial charge in [0.05, 0.1) is 6.04 Å². The summed E-state index contributed by atoms with van der Waals surface area (Å²) in [6.45, 7) is 0.581. The molecule has 4 heterocycles. The van der Waals surface area contributed by atoms with Crippen LogP contribution in [-0.2, 0) is 5.75 Å². The normalized spacial score (nSPS) is 21.8. The van der Waals surface area contributed by atoms with Crippen molar-refractivity contribution in [1.82, 2.24) is 9.58 Å². The Morgan fingerprint density at radius 3 is 2.62 bits per heavy atom. The number of benzene rings is 2. The molecule has 2 aromatic carbocycles. The summed E-state index contributed by atoms with van der Waals surface area (Å²) in [5.74, 6) is 1.69. The molecule has 1 fully saturated rings. The van der Waals surface area contributed by atoms with Crippen LogP contribution in [0, 0.1) is 0 Å². The van der Waals surface area contributed by atoms with Gasteiger partial charge in [0.2, 0.25) is 5.43 Å². The number of hydrogen-bond donors (Lipinski definition) is 1. The molecular formula is C24H21N3O3S2. The number of aromatic nitrogens is 1. The second kappa shape index (κ2) is 7.64. The van der Waals surface area contributed by atoms with E-state index < -0.39 is 11.2 Å². The van der Waals surface area contributed by atoms with E-state index in [2.05, 4.69) is 47.5 Å². The summed E-state index contributed by atoms with van der Waals surface area (Å²) in [6.07, 6.45) is 1.44. The van der Waals surface area contributed by atoms with Crippen LogP contribution in [0.1, 0.15) is 33.2 Å². The summed E-state index contributed by atoms with van der Waals surface area (Å²) in [5.41, 5.74) is 3.10. The number of rotatable bonds is 1. The zero-order chi connectivity index (χ0) is 21.8. The molecule has 2 atom stereocenters. The first-order valence-electron chi connectivity index (χ1n) is 10.6. The van der Waals surface area contributed by atoms with Gasteiger partial charge in [0.1, 0.15) is 6.17 Å². The lowest BCUT2D eigenvalue weighted by Crippen LogP contribution is -2.65. The first-order chi connectivity index (χ1) is 15.6. The van der Waals surface area contributed by atoms with Crippen molar-refractivity contribution < 1.29 is 9.90 Å². The van der Waals surface area contributed by atoms with Crippen molar-refractivity contribution in [2.24, 2.45) is 0 Å². The van der Waals surface area contributed by atoms with Crippen LogP contribution in [0.4, 0.5) is 0 Å². The molecular weight excluding hydrogens is 442 g/mol. The molecule has 32 heavy (non-hydrogen) atoms. The monoisotopic (exact) mass is 463 g/mol. The molecule has 3 aliphatic heterocycles. The molecule has 0 radical (unpaired) electrons. The molecule has 3 aromatic rings. The standard InChI is InChI=1S/C24H21N3O3S2/c28-18-9-10-26-22(23(18)29)24(30)25-11-12-31-14-20(25)27(26)21-16-6-2-1-5-15(16)13-32-19-8-4-3-7-17(19)21/h1-10,20-21,29H,11-14H2/t20-,21+/m1/s1. The molecule has 8 heteroatoms. The average Bonchev–Trinajstić information content (AvgIpc) is 2.99. The largest absolute Gasteiger partial charge is 0.502 e. The summed E-state index contributed by atoms with van der Waals surface area (Å²) in [4.78, 5) is 28.7. The lowest BCUT2D eigenvalue weighted by molar-refractivity contribution is 0.0587. The SMILES string of the molecule is O=C1c2c(O)c(=O)ccn2N([C@H]2c3ccccc3CSc3ccccc32)[C@@H]2CSCCN12. The van der Waals surface area contributed by atoms with Crippen LogP contribution in [0.2, 0.25) is 0 Å². The van der Waals surface area contributed by atoms with Crippen LogP contribution in [0.15, 0.2) is 70.5 Å². The Kier molecular flexibility index (Phi) is 4.73. The van der Waals surface area contributed by atoms with E-state index in [1.54, 1.807) is 10.9 Å². The van der Waals surface area contributed by atoms with E-state index in [0.717, 1.165) is 22.8 Å². The highest BCUT2D eigenvalue weighted by molar-refractivity contribution is 7.99. The van der Waals surface area contributed by atoms with Crippen LogP contribution in [0.3, 0.4) is 0 Å². The number of fused-ring (bicyclic) bond motifs is 4. The Morgan fingerprint density at radius 2 is 1.75 bits per heavy atom. The molecule has 0 spiro atoms. The predicted molar refractivity (Wildman–Crippen MR) is 127 cm³/mol. The van der Waals surface area contributed by atoms with Gasteiger partial charge in [0.15, 0.2) is 11.4 Å². The second-order valence-electron chi connectivity index (χ2n) is 8.08. The zero-order valence-electron chi connectivity index (χ0n) is 17.2. The predicted octanol–water partition coefficient (Wildman–Crippen LogP) is 3.42.